The van der Waals surface area contributed by atoms with Crippen molar-refractivity contribution >= 4 is 27.3 Å². The highest BCUT2D eigenvalue weighted by Crippen LogP contribution is 2.31. The molecule has 1 heterocycles. The fraction of sp³-hybridized carbons (Fsp3) is 0.455. The van der Waals surface area contributed by atoms with E-state index in [-0.39, 0.29) is 16.7 Å². The third kappa shape index (κ3) is 2.76. The molecule has 0 aromatic heterocycles. The first-order valence-electron chi connectivity index (χ1n) is 5.52. The smallest absolute Gasteiger partial charge is 0.270 e. The van der Waals surface area contributed by atoms with Gasteiger partial charge in [-0.2, -0.15) is 0 Å². The Kier molecular flexibility index (Phi) is 3.63. The molecule has 1 aliphatic rings. The van der Waals surface area contributed by atoms with E-state index in [1.807, 2.05) is 0 Å². The van der Waals surface area contributed by atoms with Crippen molar-refractivity contribution in [2.24, 2.45) is 5.73 Å². The second-order valence-electron chi connectivity index (χ2n) is 4.22. The largest absolute Gasteiger partial charge is 0.370 e. The third-order valence-electron chi connectivity index (χ3n) is 3.02. The van der Waals surface area contributed by atoms with E-state index >= 15 is 0 Å². The minimum atomic E-state index is -0.388. The van der Waals surface area contributed by atoms with Crippen LogP contribution in [0.25, 0.3) is 0 Å². The molecule has 92 valence electrons. The SMILES string of the molecule is NC1CCN(c2ccc([N+](=O)[O-])cc2Br)CC1. The van der Waals surface area contributed by atoms with Crippen LogP contribution in [0.5, 0.6) is 0 Å². The number of nitrogens with two attached hydrogens (primary N) is 1. The van der Waals surface area contributed by atoms with Crippen molar-refractivity contribution < 1.29 is 4.92 Å². The Hall–Kier alpha value is -1.14. The van der Waals surface area contributed by atoms with Gasteiger partial charge in [0.1, 0.15) is 0 Å². The van der Waals surface area contributed by atoms with Gasteiger partial charge in [-0.1, -0.05) is 0 Å². The van der Waals surface area contributed by atoms with E-state index in [0.29, 0.717) is 0 Å². The summed E-state index contributed by atoms with van der Waals surface area (Å²) in [6.45, 7) is 1.80. The Morgan fingerprint density at radius 1 is 1.41 bits per heavy atom. The molecule has 0 bridgehead atoms. The van der Waals surface area contributed by atoms with Gasteiger partial charge in [-0.25, -0.2) is 0 Å². The Morgan fingerprint density at radius 3 is 2.59 bits per heavy atom. The molecule has 1 fully saturated rings. The van der Waals surface area contributed by atoms with Crippen LogP contribution in [0.1, 0.15) is 12.8 Å². The van der Waals surface area contributed by atoms with Gasteiger partial charge in [-0.15, -0.1) is 0 Å². The van der Waals surface area contributed by atoms with Crippen LogP contribution in [-0.2, 0) is 0 Å². The highest BCUT2D eigenvalue weighted by Gasteiger charge is 2.19. The summed E-state index contributed by atoms with van der Waals surface area (Å²) < 4.78 is 0.766. The van der Waals surface area contributed by atoms with E-state index in [1.165, 1.54) is 6.07 Å². The lowest BCUT2D eigenvalue weighted by atomic mass is 10.1. The molecule has 5 nitrogen and oxygen atoms in total. The van der Waals surface area contributed by atoms with Gasteiger partial charge in [0.25, 0.3) is 5.69 Å². The zero-order chi connectivity index (χ0) is 12.4. The average molecular weight is 300 g/mol. The standard InChI is InChI=1S/C11H14BrN3O2/c12-10-7-9(15(16)17)1-2-11(10)14-5-3-8(13)4-6-14/h1-2,7-8H,3-6,13H2. The quantitative estimate of drug-likeness (QED) is 0.672. The van der Waals surface area contributed by atoms with Gasteiger partial charge in [0, 0.05) is 35.7 Å². The minimum Gasteiger partial charge on any atom is -0.370 e. The second-order valence-corrected chi connectivity index (χ2v) is 5.07. The number of piperidine rings is 1. The van der Waals surface area contributed by atoms with Crippen molar-refractivity contribution in [3.63, 3.8) is 0 Å². The number of halogens is 1. The summed E-state index contributed by atoms with van der Waals surface area (Å²) in [6.07, 6.45) is 1.92. The Bertz CT molecular complexity index is 431. The van der Waals surface area contributed by atoms with Gasteiger partial charge < -0.3 is 10.6 Å². The number of rotatable bonds is 2. The predicted octanol–water partition coefficient (Wildman–Crippen LogP) is 2.28. The number of anilines is 1. The lowest BCUT2D eigenvalue weighted by Gasteiger charge is -2.32. The normalized spacial score (nSPS) is 17.2. The highest BCUT2D eigenvalue weighted by atomic mass is 79.9. The van der Waals surface area contributed by atoms with E-state index in [4.69, 9.17) is 5.73 Å². The molecule has 17 heavy (non-hydrogen) atoms. The van der Waals surface area contributed by atoms with Crippen molar-refractivity contribution in [2.45, 2.75) is 18.9 Å². The molecule has 1 aromatic carbocycles. The summed E-state index contributed by atoms with van der Waals surface area (Å²) in [4.78, 5) is 12.5. The molecule has 0 saturated carbocycles. The molecule has 1 aliphatic heterocycles. The van der Waals surface area contributed by atoms with Crippen molar-refractivity contribution in [2.75, 3.05) is 18.0 Å². The van der Waals surface area contributed by atoms with Crippen LogP contribution in [0.15, 0.2) is 22.7 Å². The topological polar surface area (TPSA) is 72.4 Å². The van der Waals surface area contributed by atoms with Crippen molar-refractivity contribution in [1.29, 1.82) is 0 Å². The van der Waals surface area contributed by atoms with Crippen LogP contribution >= 0.6 is 15.9 Å². The van der Waals surface area contributed by atoms with Gasteiger partial charge in [0.2, 0.25) is 0 Å². The van der Waals surface area contributed by atoms with Crippen molar-refractivity contribution in [3.8, 4) is 0 Å². The van der Waals surface area contributed by atoms with E-state index < -0.39 is 0 Å². The maximum absolute atomic E-state index is 10.6. The van der Waals surface area contributed by atoms with E-state index in [1.54, 1.807) is 12.1 Å². The second kappa shape index (κ2) is 5.01. The zero-order valence-corrected chi connectivity index (χ0v) is 10.9. The summed E-state index contributed by atoms with van der Waals surface area (Å²) in [5, 5.41) is 10.6. The maximum atomic E-state index is 10.6. The van der Waals surface area contributed by atoms with E-state index in [2.05, 4.69) is 20.8 Å². The lowest BCUT2D eigenvalue weighted by molar-refractivity contribution is -0.384. The van der Waals surface area contributed by atoms with Crippen molar-refractivity contribution in [1.82, 2.24) is 0 Å². The monoisotopic (exact) mass is 299 g/mol. The summed E-state index contributed by atoms with van der Waals surface area (Å²) in [7, 11) is 0. The lowest BCUT2D eigenvalue weighted by Crippen LogP contribution is -2.39. The number of nitro groups is 1. The van der Waals surface area contributed by atoms with Crippen molar-refractivity contribution in [3.05, 3.63) is 32.8 Å². The molecule has 0 atom stereocenters. The third-order valence-corrected chi connectivity index (χ3v) is 3.66. The fourth-order valence-corrected chi connectivity index (χ4v) is 2.62. The predicted molar refractivity (Wildman–Crippen MR) is 70.2 cm³/mol. The minimum absolute atomic E-state index is 0.106. The molecule has 0 spiro atoms. The Labute approximate surface area is 108 Å². The Balaban J connectivity index is 2.19. The average Bonchev–Trinajstić information content (AvgIpc) is 2.30. The van der Waals surface area contributed by atoms with Crippen LogP contribution in [0.2, 0.25) is 0 Å². The first kappa shape index (κ1) is 12.3. The molecule has 1 saturated heterocycles. The molecule has 0 aliphatic carbocycles. The molecule has 0 radical (unpaired) electrons. The first-order chi connectivity index (χ1) is 8.08. The van der Waals surface area contributed by atoms with Crippen LogP contribution in [0.3, 0.4) is 0 Å². The van der Waals surface area contributed by atoms with Crippen LogP contribution < -0.4 is 10.6 Å². The summed E-state index contributed by atoms with van der Waals surface area (Å²) in [5.74, 6) is 0. The number of benzene rings is 1. The van der Waals surface area contributed by atoms with Gasteiger partial charge in [0.05, 0.1) is 10.6 Å². The molecular weight excluding hydrogens is 286 g/mol. The zero-order valence-electron chi connectivity index (χ0n) is 9.30. The van der Waals surface area contributed by atoms with Gasteiger partial charge >= 0.3 is 0 Å². The number of hydrogen-bond acceptors (Lipinski definition) is 4. The van der Waals surface area contributed by atoms with Crippen LogP contribution in [-0.4, -0.2) is 24.1 Å². The molecule has 2 N–H and O–H groups in total. The molecule has 0 amide bonds. The fourth-order valence-electron chi connectivity index (χ4n) is 2.01. The van der Waals surface area contributed by atoms with E-state index in [0.717, 1.165) is 36.1 Å². The number of non-ortho nitro benzene ring substituents is 1. The number of nitro benzene ring substituents is 1. The molecule has 1 aromatic rings. The molecule has 6 heteroatoms. The Morgan fingerprint density at radius 2 is 2.06 bits per heavy atom. The van der Waals surface area contributed by atoms with Crippen LogP contribution in [0.4, 0.5) is 11.4 Å². The van der Waals surface area contributed by atoms with Gasteiger partial charge in [0.15, 0.2) is 0 Å². The van der Waals surface area contributed by atoms with E-state index in [9.17, 15) is 10.1 Å². The maximum Gasteiger partial charge on any atom is 0.270 e. The number of nitrogens with zero attached hydrogens (tertiary/aromatic N) is 2. The first-order valence-corrected chi connectivity index (χ1v) is 6.31. The van der Waals surface area contributed by atoms with Gasteiger partial charge in [-0.3, -0.25) is 10.1 Å². The summed E-state index contributed by atoms with van der Waals surface area (Å²) >= 11 is 3.39. The molecular formula is C11H14BrN3O2. The highest BCUT2D eigenvalue weighted by molar-refractivity contribution is 9.10. The summed E-state index contributed by atoms with van der Waals surface area (Å²) in [6, 6.07) is 5.15. The summed E-state index contributed by atoms with van der Waals surface area (Å²) in [5.41, 5.74) is 6.96. The number of hydrogen-bond donors (Lipinski definition) is 1. The molecule has 0 unspecified atom stereocenters. The van der Waals surface area contributed by atoms with Crippen LogP contribution in [0, 0.1) is 10.1 Å². The van der Waals surface area contributed by atoms with Gasteiger partial charge in [-0.05, 0) is 34.8 Å². The molecule has 2 rings (SSSR count).